The molecule has 3 rings (SSSR count). The highest BCUT2D eigenvalue weighted by Crippen LogP contribution is 2.45. The number of hydrogen-bond acceptors (Lipinski definition) is 5. The molecule has 0 spiro atoms. The van der Waals surface area contributed by atoms with E-state index in [0.29, 0.717) is 0 Å². The van der Waals surface area contributed by atoms with E-state index in [1.165, 1.54) is 5.56 Å². The van der Waals surface area contributed by atoms with Gasteiger partial charge in [0.05, 0.1) is 38.0 Å². The van der Waals surface area contributed by atoms with Crippen LogP contribution in [-0.4, -0.2) is 27.1 Å². The summed E-state index contributed by atoms with van der Waals surface area (Å²) < 4.78 is 16.0. The second-order valence-electron chi connectivity index (χ2n) is 4.99. The number of hydrogen-bond donors (Lipinski definition) is 1. The maximum Gasteiger partial charge on any atom is 0.138 e. The maximum absolute atomic E-state index is 5.47. The van der Waals surface area contributed by atoms with Gasteiger partial charge in [0.2, 0.25) is 0 Å². The van der Waals surface area contributed by atoms with Crippen LogP contribution >= 0.6 is 11.8 Å². The Hall–Kier alpha value is -2.01. The molecule has 0 bridgehead atoms. The monoisotopic (exact) mass is 317 g/mol. The molecular formula is C17H19NO3S. The van der Waals surface area contributed by atoms with Crippen LogP contribution in [0.15, 0.2) is 41.3 Å². The van der Waals surface area contributed by atoms with Gasteiger partial charge in [0.15, 0.2) is 0 Å². The van der Waals surface area contributed by atoms with E-state index in [9.17, 15) is 0 Å². The van der Waals surface area contributed by atoms with E-state index in [-0.39, 0.29) is 6.04 Å². The second kappa shape index (κ2) is 6.40. The number of thioether (sulfide) groups is 1. The highest BCUT2D eigenvalue weighted by Gasteiger charge is 2.23. The molecule has 0 unspecified atom stereocenters. The summed E-state index contributed by atoms with van der Waals surface area (Å²) in [5.41, 5.74) is 2.29. The maximum atomic E-state index is 5.47. The summed E-state index contributed by atoms with van der Waals surface area (Å²) in [4.78, 5) is 1.13. The van der Waals surface area contributed by atoms with Crippen molar-refractivity contribution in [2.24, 2.45) is 0 Å². The fourth-order valence-electron chi connectivity index (χ4n) is 2.51. The van der Waals surface area contributed by atoms with Crippen molar-refractivity contribution in [3.63, 3.8) is 0 Å². The van der Waals surface area contributed by atoms with Crippen LogP contribution < -0.4 is 19.5 Å². The highest BCUT2D eigenvalue weighted by atomic mass is 32.2. The first kappa shape index (κ1) is 14.9. The first-order valence-electron chi connectivity index (χ1n) is 7.04. The third-order valence-electron chi connectivity index (χ3n) is 3.73. The first-order chi connectivity index (χ1) is 10.7. The number of ether oxygens (including phenoxy) is 3. The van der Waals surface area contributed by atoms with Crippen molar-refractivity contribution < 1.29 is 14.2 Å². The molecule has 1 N–H and O–H groups in total. The smallest absolute Gasteiger partial charge is 0.138 e. The van der Waals surface area contributed by atoms with E-state index in [2.05, 4.69) is 17.4 Å². The zero-order valence-electron chi connectivity index (χ0n) is 12.9. The average Bonchev–Trinajstić information content (AvgIpc) is 2.60. The largest absolute Gasteiger partial charge is 0.497 e. The number of rotatable bonds is 4. The molecule has 0 saturated heterocycles. The molecule has 0 aromatic heterocycles. The SMILES string of the molecule is COc1ccc([C@@H]2CSc3c(cc(OC)cc3OC)N2)cc1. The van der Waals surface area contributed by atoms with Crippen LogP contribution in [0.4, 0.5) is 5.69 Å². The van der Waals surface area contributed by atoms with Crippen LogP contribution in [0.2, 0.25) is 0 Å². The summed E-state index contributed by atoms with van der Waals surface area (Å²) in [7, 11) is 5.03. The van der Waals surface area contributed by atoms with Crippen LogP contribution in [0, 0.1) is 0 Å². The lowest BCUT2D eigenvalue weighted by atomic mass is 10.1. The summed E-state index contributed by atoms with van der Waals surface area (Å²) >= 11 is 1.80. The Morgan fingerprint density at radius 1 is 0.955 bits per heavy atom. The van der Waals surface area contributed by atoms with Crippen molar-refractivity contribution in [1.29, 1.82) is 0 Å². The molecule has 1 aliphatic heterocycles. The normalized spacial score (nSPS) is 16.4. The van der Waals surface area contributed by atoms with Crippen LogP contribution in [0.3, 0.4) is 0 Å². The summed E-state index contributed by atoms with van der Waals surface area (Å²) in [6, 6.07) is 12.4. The number of nitrogens with one attached hydrogen (secondary N) is 1. The lowest BCUT2D eigenvalue weighted by Gasteiger charge is -2.28. The molecule has 4 nitrogen and oxygen atoms in total. The number of fused-ring (bicyclic) bond motifs is 1. The molecule has 2 aromatic carbocycles. The minimum Gasteiger partial charge on any atom is -0.497 e. The zero-order chi connectivity index (χ0) is 15.5. The molecule has 1 atom stereocenters. The van der Waals surface area contributed by atoms with E-state index in [1.807, 2.05) is 24.3 Å². The van der Waals surface area contributed by atoms with Gasteiger partial charge in [-0.15, -0.1) is 11.8 Å². The molecule has 0 saturated carbocycles. The van der Waals surface area contributed by atoms with Gasteiger partial charge in [0, 0.05) is 17.9 Å². The van der Waals surface area contributed by atoms with Gasteiger partial charge < -0.3 is 19.5 Å². The summed E-state index contributed by atoms with van der Waals surface area (Å²) in [5.74, 6) is 3.46. The highest BCUT2D eigenvalue weighted by molar-refractivity contribution is 7.99. The van der Waals surface area contributed by atoms with E-state index >= 15 is 0 Å². The van der Waals surface area contributed by atoms with Crippen molar-refractivity contribution in [3.8, 4) is 17.2 Å². The van der Waals surface area contributed by atoms with Crippen LogP contribution in [0.25, 0.3) is 0 Å². The van der Waals surface area contributed by atoms with Gasteiger partial charge in [-0.3, -0.25) is 0 Å². The second-order valence-corrected chi connectivity index (χ2v) is 6.02. The zero-order valence-corrected chi connectivity index (χ0v) is 13.7. The summed E-state index contributed by atoms with van der Waals surface area (Å²) in [6.07, 6.45) is 0. The molecule has 1 aliphatic rings. The summed E-state index contributed by atoms with van der Waals surface area (Å²) in [6.45, 7) is 0. The number of methoxy groups -OCH3 is 3. The molecule has 0 amide bonds. The molecule has 22 heavy (non-hydrogen) atoms. The third-order valence-corrected chi connectivity index (χ3v) is 4.94. The van der Waals surface area contributed by atoms with Gasteiger partial charge in [-0.1, -0.05) is 12.1 Å². The van der Waals surface area contributed by atoms with Crippen molar-refractivity contribution >= 4 is 17.4 Å². The number of benzene rings is 2. The molecule has 0 fully saturated rings. The molecule has 116 valence electrons. The average molecular weight is 317 g/mol. The molecular weight excluding hydrogens is 298 g/mol. The van der Waals surface area contributed by atoms with Crippen molar-refractivity contribution in [2.45, 2.75) is 10.9 Å². The van der Waals surface area contributed by atoms with Crippen molar-refractivity contribution in [3.05, 3.63) is 42.0 Å². The minimum absolute atomic E-state index is 0.250. The Balaban J connectivity index is 1.89. The minimum atomic E-state index is 0.250. The topological polar surface area (TPSA) is 39.7 Å². The fraction of sp³-hybridized carbons (Fsp3) is 0.294. The Bertz CT molecular complexity index is 658. The molecule has 1 heterocycles. The van der Waals surface area contributed by atoms with Gasteiger partial charge in [0.1, 0.15) is 17.2 Å². The molecule has 5 heteroatoms. The number of anilines is 1. The third kappa shape index (κ3) is 2.81. The van der Waals surface area contributed by atoms with Gasteiger partial charge in [0.25, 0.3) is 0 Å². The Labute approximate surface area is 134 Å². The lowest BCUT2D eigenvalue weighted by molar-refractivity contribution is 0.387. The van der Waals surface area contributed by atoms with E-state index in [1.54, 1.807) is 33.1 Å². The van der Waals surface area contributed by atoms with E-state index in [0.717, 1.165) is 33.6 Å². The van der Waals surface area contributed by atoms with Gasteiger partial charge in [-0.05, 0) is 17.7 Å². The molecule has 0 aliphatic carbocycles. The van der Waals surface area contributed by atoms with E-state index < -0.39 is 0 Å². The molecule has 0 radical (unpaired) electrons. The van der Waals surface area contributed by atoms with Crippen LogP contribution in [0.1, 0.15) is 11.6 Å². The van der Waals surface area contributed by atoms with Crippen LogP contribution in [-0.2, 0) is 0 Å². The first-order valence-corrected chi connectivity index (χ1v) is 8.03. The predicted molar refractivity (Wildman–Crippen MR) is 89.6 cm³/mol. The Morgan fingerprint density at radius 2 is 1.68 bits per heavy atom. The van der Waals surface area contributed by atoms with E-state index in [4.69, 9.17) is 14.2 Å². The van der Waals surface area contributed by atoms with Gasteiger partial charge in [-0.2, -0.15) is 0 Å². The fourth-order valence-corrected chi connectivity index (χ4v) is 3.68. The molecule has 2 aromatic rings. The quantitative estimate of drug-likeness (QED) is 0.924. The summed E-state index contributed by atoms with van der Waals surface area (Å²) in [5, 5.41) is 3.58. The van der Waals surface area contributed by atoms with Crippen molar-refractivity contribution in [2.75, 3.05) is 32.4 Å². The van der Waals surface area contributed by atoms with Crippen LogP contribution in [0.5, 0.6) is 17.2 Å². The standard InChI is InChI=1S/C17H19NO3S/c1-19-12-6-4-11(5-7-12)15-10-22-17-14(18-15)8-13(20-2)9-16(17)21-3/h4-9,15,18H,10H2,1-3H3/t15-/m0/s1. The predicted octanol–water partition coefficient (Wildman–Crippen LogP) is 3.97. The lowest BCUT2D eigenvalue weighted by Crippen LogP contribution is -2.18. The van der Waals surface area contributed by atoms with Gasteiger partial charge >= 0.3 is 0 Å². The Kier molecular flexibility index (Phi) is 4.34. The van der Waals surface area contributed by atoms with Crippen molar-refractivity contribution in [1.82, 2.24) is 0 Å². The Morgan fingerprint density at radius 3 is 2.32 bits per heavy atom. The van der Waals surface area contributed by atoms with Gasteiger partial charge in [-0.25, -0.2) is 0 Å².